The van der Waals surface area contributed by atoms with Crippen LogP contribution in [0.3, 0.4) is 0 Å². The van der Waals surface area contributed by atoms with Crippen molar-refractivity contribution in [1.29, 1.82) is 5.26 Å². The second kappa shape index (κ2) is 5.15. The molecule has 1 heterocycles. The Kier molecular flexibility index (Phi) is 3.51. The normalized spacial score (nSPS) is 25.5. The van der Waals surface area contributed by atoms with Crippen LogP contribution in [0.5, 0.6) is 0 Å². The van der Waals surface area contributed by atoms with Gasteiger partial charge in [0.25, 0.3) is 0 Å². The number of nitrogens with two attached hydrogens (primary N) is 1. The highest BCUT2D eigenvalue weighted by Gasteiger charge is 2.43. The van der Waals surface area contributed by atoms with Crippen LogP contribution >= 0.6 is 23.5 Å². The lowest BCUT2D eigenvalue weighted by Gasteiger charge is -2.37. The topological polar surface area (TPSA) is 49.8 Å². The first-order chi connectivity index (χ1) is 9.24. The molecule has 0 radical (unpaired) electrons. The van der Waals surface area contributed by atoms with Crippen LogP contribution in [0.25, 0.3) is 0 Å². The van der Waals surface area contributed by atoms with E-state index in [2.05, 4.69) is 18.2 Å². The summed E-state index contributed by atoms with van der Waals surface area (Å²) in [6, 6.07) is 12.6. The van der Waals surface area contributed by atoms with Gasteiger partial charge in [0.05, 0.1) is 26.0 Å². The number of hydrogen-bond acceptors (Lipinski definition) is 4. The van der Waals surface area contributed by atoms with Crippen molar-refractivity contribution in [2.45, 2.75) is 35.0 Å². The van der Waals surface area contributed by atoms with Gasteiger partial charge in [-0.3, -0.25) is 0 Å². The molecule has 1 aromatic carbocycles. The molecule has 2 aliphatic rings. The van der Waals surface area contributed by atoms with E-state index in [0.29, 0.717) is 0 Å². The zero-order valence-corrected chi connectivity index (χ0v) is 12.3. The smallest absolute Gasteiger partial charge is 0.0990 e. The molecular weight excluding hydrogens is 272 g/mol. The van der Waals surface area contributed by atoms with Crippen molar-refractivity contribution < 1.29 is 0 Å². The number of benzene rings is 1. The van der Waals surface area contributed by atoms with Crippen molar-refractivity contribution in [2.75, 3.05) is 0 Å². The molecule has 0 bridgehead atoms. The van der Waals surface area contributed by atoms with Gasteiger partial charge in [-0.15, -0.1) is 11.8 Å². The van der Waals surface area contributed by atoms with Gasteiger partial charge in [0.15, 0.2) is 0 Å². The van der Waals surface area contributed by atoms with Crippen molar-refractivity contribution in [3.8, 4) is 6.07 Å². The van der Waals surface area contributed by atoms with Gasteiger partial charge < -0.3 is 5.73 Å². The first kappa shape index (κ1) is 13.0. The highest BCUT2D eigenvalue weighted by atomic mass is 32.2. The summed E-state index contributed by atoms with van der Waals surface area (Å²) < 4.78 is 0.199. The number of nitrogens with zero attached hydrogens (tertiary/aromatic N) is 1. The lowest BCUT2D eigenvalue weighted by atomic mass is 10.1. The van der Waals surface area contributed by atoms with Crippen molar-refractivity contribution >= 4 is 23.5 Å². The molecule has 1 saturated carbocycles. The molecule has 1 spiro atoms. The molecule has 98 valence electrons. The third kappa shape index (κ3) is 2.37. The molecule has 4 heteroatoms. The minimum absolute atomic E-state index is 0.102. The van der Waals surface area contributed by atoms with E-state index >= 15 is 0 Å². The van der Waals surface area contributed by atoms with Crippen LogP contribution in [-0.2, 0) is 0 Å². The van der Waals surface area contributed by atoms with E-state index in [4.69, 9.17) is 5.73 Å². The fourth-order valence-electron chi connectivity index (χ4n) is 2.79. The Morgan fingerprint density at radius 3 is 2.53 bits per heavy atom. The van der Waals surface area contributed by atoms with E-state index in [1.165, 1.54) is 31.2 Å². The molecule has 1 unspecified atom stereocenters. The first-order valence-corrected chi connectivity index (χ1v) is 8.25. The Morgan fingerprint density at radius 1 is 1.21 bits per heavy atom. The molecule has 1 fully saturated rings. The first-order valence-electron chi connectivity index (χ1n) is 6.56. The quantitative estimate of drug-likeness (QED) is 0.842. The van der Waals surface area contributed by atoms with E-state index < -0.39 is 0 Å². The fraction of sp³-hybridized carbons (Fsp3) is 0.400. The summed E-state index contributed by atoms with van der Waals surface area (Å²) in [4.78, 5) is 0. The Morgan fingerprint density at radius 2 is 1.89 bits per heavy atom. The van der Waals surface area contributed by atoms with E-state index in [0.717, 1.165) is 10.6 Å². The molecule has 2 nitrogen and oxygen atoms in total. The minimum Gasteiger partial charge on any atom is -0.393 e. The summed E-state index contributed by atoms with van der Waals surface area (Å²) in [5, 5.41) is 10.2. The van der Waals surface area contributed by atoms with Gasteiger partial charge in [0.1, 0.15) is 0 Å². The summed E-state index contributed by atoms with van der Waals surface area (Å²) in [5.74, 6) is 0. The van der Waals surface area contributed by atoms with Gasteiger partial charge in [-0.25, -0.2) is 0 Å². The lowest BCUT2D eigenvalue weighted by Crippen LogP contribution is -2.25. The van der Waals surface area contributed by atoms with Crippen molar-refractivity contribution in [3.05, 3.63) is 46.5 Å². The molecule has 1 aliphatic heterocycles. The highest BCUT2D eigenvalue weighted by Crippen LogP contribution is 2.61. The summed E-state index contributed by atoms with van der Waals surface area (Å²) in [5.41, 5.74) is 8.11. The third-order valence-corrected chi connectivity index (χ3v) is 7.08. The minimum atomic E-state index is 0.102. The molecule has 2 N–H and O–H groups in total. The van der Waals surface area contributed by atoms with Crippen LogP contribution < -0.4 is 5.73 Å². The molecule has 0 aromatic heterocycles. The molecule has 19 heavy (non-hydrogen) atoms. The molecule has 0 amide bonds. The molecule has 1 aromatic rings. The number of thioether (sulfide) groups is 2. The SMILES string of the molecule is N#CC1=C(N)SC2(CCCC2)SC1c1ccccc1. The van der Waals surface area contributed by atoms with Crippen molar-refractivity contribution in [3.63, 3.8) is 0 Å². The van der Waals surface area contributed by atoms with Crippen LogP contribution in [0.2, 0.25) is 0 Å². The van der Waals surface area contributed by atoms with Gasteiger partial charge in [-0.1, -0.05) is 54.9 Å². The number of hydrogen-bond donors (Lipinski definition) is 1. The van der Waals surface area contributed by atoms with Crippen LogP contribution in [0.15, 0.2) is 40.9 Å². The van der Waals surface area contributed by atoms with Crippen molar-refractivity contribution in [2.24, 2.45) is 5.73 Å². The zero-order valence-electron chi connectivity index (χ0n) is 10.6. The Labute approximate surface area is 122 Å². The third-order valence-electron chi connectivity index (χ3n) is 3.74. The standard InChI is InChI=1S/C15H16N2S2/c16-10-12-13(11-6-2-1-3-7-11)18-15(19-14(12)17)8-4-5-9-15/h1-3,6-7,13H,4-5,8-9,17H2. The van der Waals surface area contributed by atoms with Gasteiger partial charge >= 0.3 is 0 Å². The van der Waals surface area contributed by atoms with E-state index in [-0.39, 0.29) is 9.33 Å². The van der Waals surface area contributed by atoms with E-state index in [9.17, 15) is 5.26 Å². The van der Waals surface area contributed by atoms with Crippen LogP contribution in [0, 0.1) is 11.3 Å². The second-order valence-electron chi connectivity index (χ2n) is 5.02. The van der Waals surface area contributed by atoms with Gasteiger partial charge in [-0.2, -0.15) is 5.26 Å². The van der Waals surface area contributed by atoms with Gasteiger partial charge in [0, 0.05) is 0 Å². The Hall–Kier alpha value is -1.05. The molecule has 1 aliphatic carbocycles. The summed E-state index contributed by atoms with van der Waals surface area (Å²) in [7, 11) is 0. The van der Waals surface area contributed by atoms with Gasteiger partial charge in [-0.05, 0) is 18.4 Å². The molecular formula is C15H16N2S2. The highest BCUT2D eigenvalue weighted by molar-refractivity contribution is 8.20. The lowest BCUT2D eigenvalue weighted by molar-refractivity contribution is 0.832. The predicted octanol–water partition coefficient (Wildman–Crippen LogP) is 4.17. The maximum atomic E-state index is 9.41. The van der Waals surface area contributed by atoms with Gasteiger partial charge in [0.2, 0.25) is 0 Å². The summed E-state index contributed by atoms with van der Waals surface area (Å²) in [6.07, 6.45) is 4.95. The maximum absolute atomic E-state index is 9.41. The average molecular weight is 288 g/mol. The summed E-state index contributed by atoms with van der Waals surface area (Å²) >= 11 is 3.66. The molecule has 1 atom stereocenters. The van der Waals surface area contributed by atoms with Crippen LogP contribution in [0.4, 0.5) is 0 Å². The van der Waals surface area contributed by atoms with Crippen LogP contribution in [0.1, 0.15) is 36.5 Å². The average Bonchev–Trinajstić information content (AvgIpc) is 2.87. The number of nitriles is 1. The van der Waals surface area contributed by atoms with Crippen LogP contribution in [-0.4, -0.2) is 4.08 Å². The Bertz CT molecular complexity index is 539. The largest absolute Gasteiger partial charge is 0.393 e. The molecule has 0 saturated heterocycles. The maximum Gasteiger partial charge on any atom is 0.0990 e. The zero-order chi connectivity index (χ0) is 13.3. The summed E-state index contributed by atoms with van der Waals surface area (Å²) in [6.45, 7) is 0. The van der Waals surface area contributed by atoms with E-state index in [1.807, 2.05) is 30.0 Å². The fourth-order valence-corrected chi connectivity index (χ4v) is 6.33. The second-order valence-corrected chi connectivity index (χ2v) is 8.19. The van der Waals surface area contributed by atoms with Crippen molar-refractivity contribution in [1.82, 2.24) is 0 Å². The predicted molar refractivity (Wildman–Crippen MR) is 82.4 cm³/mol. The monoisotopic (exact) mass is 288 g/mol. The number of rotatable bonds is 1. The van der Waals surface area contributed by atoms with E-state index in [1.54, 1.807) is 11.8 Å². The Balaban J connectivity index is 2.01. The molecule has 3 rings (SSSR count).